The SMILES string of the molecule is O=C(COC(=O)Cc1csc(-c2cccs2)n1)NCCc1ccc(F)cc1. The predicted octanol–water partition coefficient (Wildman–Crippen LogP) is 3.46. The Morgan fingerprint density at radius 2 is 1.96 bits per heavy atom. The summed E-state index contributed by atoms with van der Waals surface area (Å²) in [6.07, 6.45) is 0.606. The fourth-order valence-corrected chi connectivity index (χ4v) is 3.93. The molecule has 0 aliphatic heterocycles. The summed E-state index contributed by atoms with van der Waals surface area (Å²) < 4.78 is 17.8. The molecule has 0 bridgehead atoms. The molecule has 1 N–H and O–H groups in total. The minimum atomic E-state index is -0.494. The molecule has 0 aliphatic rings. The molecule has 0 fully saturated rings. The van der Waals surface area contributed by atoms with Crippen molar-refractivity contribution in [2.75, 3.05) is 13.2 Å². The van der Waals surface area contributed by atoms with Crippen LogP contribution in [0, 0.1) is 5.82 Å². The Morgan fingerprint density at radius 1 is 1.15 bits per heavy atom. The number of aromatic nitrogens is 1. The second-order valence-corrected chi connectivity index (χ2v) is 7.49. The second-order valence-electron chi connectivity index (χ2n) is 5.69. The normalized spacial score (nSPS) is 10.6. The fraction of sp³-hybridized carbons (Fsp3) is 0.211. The van der Waals surface area contributed by atoms with Gasteiger partial charge in [0.15, 0.2) is 6.61 Å². The number of nitrogens with one attached hydrogen (secondary N) is 1. The van der Waals surface area contributed by atoms with E-state index in [1.165, 1.54) is 23.5 Å². The molecule has 0 saturated carbocycles. The first-order valence-corrected chi connectivity index (χ1v) is 10.0. The molecule has 8 heteroatoms. The molecule has 1 aromatic carbocycles. The number of benzene rings is 1. The van der Waals surface area contributed by atoms with Crippen molar-refractivity contribution in [3.05, 3.63) is 64.2 Å². The maximum absolute atomic E-state index is 12.8. The van der Waals surface area contributed by atoms with Gasteiger partial charge in [-0.25, -0.2) is 9.37 Å². The molecule has 3 aromatic rings. The molecular formula is C19H17FN2O3S2. The average Bonchev–Trinajstić information content (AvgIpc) is 3.33. The first kappa shape index (κ1) is 19.2. The third-order valence-electron chi connectivity index (χ3n) is 3.62. The van der Waals surface area contributed by atoms with Gasteiger partial charge in [0.05, 0.1) is 17.0 Å². The second kappa shape index (κ2) is 9.38. The number of hydrogen-bond donors (Lipinski definition) is 1. The van der Waals surface area contributed by atoms with Crippen LogP contribution < -0.4 is 5.32 Å². The van der Waals surface area contributed by atoms with Gasteiger partial charge in [-0.2, -0.15) is 0 Å². The summed E-state index contributed by atoms with van der Waals surface area (Å²) in [5.41, 5.74) is 1.55. The summed E-state index contributed by atoms with van der Waals surface area (Å²) in [6, 6.07) is 10.0. The topological polar surface area (TPSA) is 68.3 Å². The van der Waals surface area contributed by atoms with Gasteiger partial charge in [-0.05, 0) is 35.6 Å². The minimum Gasteiger partial charge on any atom is -0.455 e. The van der Waals surface area contributed by atoms with Gasteiger partial charge in [-0.3, -0.25) is 9.59 Å². The highest BCUT2D eigenvalue weighted by atomic mass is 32.1. The third kappa shape index (κ3) is 5.97. The Labute approximate surface area is 163 Å². The molecular weight excluding hydrogens is 387 g/mol. The average molecular weight is 404 g/mol. The lowest BCUT2D eigenvalue weighted by molar-refractivity contribution is -0.147. The molecule has 0 saturated heterocycles. The van der Waals surface area contributed by atoms with Crippen molar-refractivity contribution in [2.45, 2.75) is 12.8 Å². The van der Waals surface area contributed by atoms with Crippen LogP contribution in [0.15, 0.2) is 47.2 Å². The van der Waals surface area contributed by atoms with Crippen LogP contribution in [0.25, 0.3) is 9.88 Å². The van der Waals surface area contributed by atoms with Crippen molar-refractivity contribution in [3.63, 3.8) is 0 Å². The number of thiazole rings is 1. The highest BCUT2D eigenvalue weighted by Crippen LogP contribution is 2.27. The molecule has 0 spiro atoms. The van der Waals surface area contributed by atoms with Crippen LogP contribution in [0.2, 0.25) is 0 Å². The van der Waals surface area contributed by atoms with Gasteiger partial charge in [-0.15, -0.1) is 22.7 Å². The molecule has 0 aliphatic carbocycles. The van der Waals surface area contributed by atoms with Crippen molar-refractivity contribution >= 4 is 34.6 Å². The number of nitrogens with zero attached hydrogens (tertiary/aromatic N) is 1. The first-order chi connectivity index (χ1) is 13.1. The summed E-state index contributed by atoms with van der Waals surface area (Å²) in [5.74, 6) is -1.16. The van der Waals surface area contributed by atoms with Gasteiger partial charge in [-0.1, -0.05) is 18.2 Å². The molecule has 2 heterocycles. The number of ether oxygens (including phenoxy) is 1. The molecule has 5 nitrogen and oxygen atoms in total. The van der Waals surface area contributed by atoms with E-state index in [1.54, 1.807) is 23.5 Å². The van der Waals surface area contributed by atoms with E-state index in [4.69, 9.17) is 4.74 Å². The zero-order chi connectivity index (χ0) is 19.1. The molecule has 3 rings (SSSR count). The van der Waals surface area contributed by atoms with E-state index in [0.717, 1.165) is 15.4 Å². The monoisotopic (exact) mass is 404 g/mol. The van der Waals surface area contributed by atoms with Crippen LogP contribution >= 0.6 is 22.7 Å². The summed E-state index contributed by atoms with van der Waals surface area (Å²) in [7, 11) is 0. The molecule has 0 unspecified atom stereocenters. The van der Waals surface area contributed by atoms with E-state index >= 15 is 0 Å². The van der Waals surface area contributed by atoms with Gasteiger partial charge < -0.3 is 10.1 Å². The maximum Gasteiger partial charge on any atom is 0.312 e. The van der Waals surface area contributed by atoms with E-state index in [-0.39, 0.29) is 24.8 Å². The maximum atomic E-state index is 12.8. The molecule has 0 atom stereocenters. The Bertz CT molecular complexity index is 892. The van der Waals surface area contributed by atoms with Gasteiger partial charge in [0.25, 0.3) is 5.91 Å². The molecule has 0 radical (unpaired) electrons. The van der Waals surface area contributed by atoms with Crippen LogP contribution in [0.4, 0.5) is 4.39 Å². The third-order valence-corrected chi connectivity index (χ3v) is 5.55. The molecule has 1 amide bonds. The Kier molecular flexibility index (Phi) is 6.67. The van der Waals surface area contributed by atoms with Gasteiger partial charge in [0.1, 0.15) is 10.8 Å². The molecule has 27 heavy (non-hydrogen) atoms. The number of hydrogen-bond acceptors (Lipinski definition) is 6. The van der Waals surface area contributed by atoms with Gasteiger partial charge in [0, 0.05) is 11.9 Å². The quantitative estimate of drug-likeness (QED) is 0.584. The van der Waals surface area contributed by atoms with Crippen LogP contribution in [0.3, 0.4) is 0 Å². The summed E-state index contributed by atoms with van der Waals surface area (Å²) in [4.78, 5) is 29.1. The number of carbonyl (C=O) groups excluding carboxylic acids is 2. The highest BCUT2D eigenvalue weighted by molar-refractivity contribution is 7.20. The highest BCUT2D eigenvalue weighted by Gasteiger charge is 2.12. The van der Waals surface area contributed by atoms with Crippen molar-refractivity contribution in [1.29, 1.82) is 0 Å². The number of thiophene rings is 1. The van der Waals surface area contributed by atoms with E-state index in [1.807, 2.05) is 22.9 Å². The number of halogens is 1. The lowest BCUT2D eigenvalue weighted by Gasteiger charge is -2.06. The van der Waals surface area contributed by atoms with E-state index in [9.17, 15) is 14.0 Å². The molecule has 2 aromatic heterocycles. The van der Waals surface area contributed by atoms with Crippen molar-refractivity contribution in [2.24, 2.45) is 0 Å². The van der Waals surface area contributed by atoms with Crippen molar-refractivity contribution in [3.8, 4) is 9.88 Å². The van der Waals surface area contributed by atoms with Crippen LogP contribution in [0.1, 0.15) is 11.3 Å². The standard InChI is InChI=1S/C19H17FN2O3S2/c20-14-5-3-13(4-6-14)7-8-21-17(23)11-25-18(24)10-15-12-27-19(22-15)16-2-1-9-26-16/h1-6,9,12H,7-8,10-11H2,(H,21,23). The van der Waals surface area contributed by atoms with Gasteiger partial charge in [0.2, 0.25) is 0 Å². The largest absolute Gasteiger partial charge is 0.455 e. The van der Waals surface area contributed by atoms with Crippen LogP contribution in [-0.2, 0) is 27.2 Å². The van der Waals surface area contributed by atoms with E-state index in [2.05, 4.69) is 10.3 Å². The smallest absolute Gasteiger partial charge is 0.312 e. The lowest BCUT2D eigenvalue weighted by atomic mass is 10.1. The number of amides is 1. The lowest BCUT2D eigenvalue weighted by Crippen LogP contribution is -2.30. The van der Waals surface area contributed by atoms with Crippen LogP contribution in [0.5, 0.6) is 0 Å². The van der Waals surface area contributed by atoms with Crippen LogP contribution in [-0.4, -0.2) is 30.0 Å². The fourth-order valence-electron chi connectivity index (χ4n) is 2.29. The zero-order valence-electron chi connectivity index (χ0n) is 14.3. The summed E-state index contributed by atoms with van der Waals surface area (Å²) in [5, 5.41) is 7.32. The van der Waals surface area contributed by atoms with Crippen molar-refractivity contribution < 1.29 is 18.7 Å². The molecule has 140 valence electrons. The first-order valence-electron chi connectivity index (χ1n) is 8.25. The van der Waals surface area contributed by atoms with Gasteiger partial charge >= 0.3 is 5.97 Å². The summed E-state index contributed by atoms with van der Waals surface area (Å²) in [6.45, 7) is 0.0580. The number of rotatable bonds is 8. The zero-order valence-corrected chi connectivity index (χ0v) is 15.9. The Morgan fingerprint density at radius 3 is 2.70 bits per heavy atom. The number of esters is 1. The van der Waals surface area contributed by atoms with E-state index in [0.29, 0.717) is 18.7 Å². The van der Waals surface area contributed by atoms with Crippen molar-refractivity contribution in [1.82, 2.24) is 10.3 Å². The van der Waals surface area contributed by atoms with E-state index < -0.39 is 5.97 Å². The summed E-state index contributed by atoms with van der Waals surface area (Å²) >= 11 is 3.06. The number of carbonyl (C=O) groups is 2. The Hall–Kier alpha value is -2.58. The predicted molar refractivity (Wildman–Crippen MR) is 103 cm³/mol. The Balaban J connectivity index is 1.36. The minimum absolute atomic E-state index is 0.0325.